The summed E-state index contributed by atoms with van der Waals surface area (Å²) in [5, 5.41) is 0. The van der Waals surface area contributed by atoms with Crippen LogP contribution < -0.4 is 0 Å². The van der Waals surface area contributed by atoms with Crippen LogP contribution in [0.3, 0.4) is 0 Å². The van der Waals surface area contributed by atoms with Crippen LogP contribution in [-0.2, 0) is 0 Å². The number of nitrogens with zero attached hydrogens (tertiary/aromatic N) is 1. The van der Waals surface area contributed by atoms with Gasteiger partial charge in [-0.15, -0.1) is 0 Å². The van der Waals surface area contributed by atoms with Gasteiger partial charge in [0, 0.05) is 12.6 Å². The number of hydrogen-bond acceptors (Lipinski definition) is 1. The molecule has 0 aromatic heterocycles. The SMILES string of the molecule is CC(C)N1CC[C@H](C)C(C)(C)C1. The van der Waals surface area contributed by atoms with Crippen molar-refractivity contribution in [2.75, 3.05) is 13.1 Å². The van der Waals surface area contributed by atoms with E-state index in [4.69, 9.17) is 0 Å². The minimum Gasteiger partial charge on any atom is -0.300 e. The van der Waals surface area contributed by atoms with E-state index in [9.17, 15) is 0 Å². The van der Waals surface area contributed by atoms with Gasteiger partial charge < -0.3 is 4.90 Å². The van der Waals surface area contributed by atoms with Crippen molar-refractivity contribution in [1.29, 1.82) is 0 Å². The molecule has 1 heteroatoms. The van der Waals surface area contributed by atoms with E-state index >= 15 is 0 Å². The molecule has 1 aliphatic heterocycles. The Morgan fingerprint density at radius 3 is 2.33 bits per heavy atom. The normalized spacial score (nSPS) is 31.0. The quantitative estimate of drug-likeness (QED) is 0.583. The minimum atomic E-state index is 0.516. The first-order valence-corrected chi connectivity index (χ1v) is 5.17. The summed E-state index contributed by atoms with van der Waals surface area (Å²) < 4.78 is 0. The Kier molecular flexibility index (Phi) is 2.82. The molecule has 0 saturated carbocycles. The summed E-state index contributed by atoms with van der Waals surface area (Å²) in [6.07, 6.45) is 1.37. The Morgan fingerprint density at radius 2 is 1.92 bits per heavy atom. The van der Waals surface area contributed by atoms with Crippen LogP contribution in [0.5, 0.6) is 0 Å². The van der Waals surface area contributed by atoms with Gasteiger partial charge in [0.2, 0.25) is 0 Å². The predicted octanol–water partition coefficient (Wildman–Crippen LogP) is 2.76. The number of rotatable bonds is 1. The lowest BCUT2D eigenvalue weighted by molar-refractivity contribution is 0.0453. The molecule has 0 amide bonds. The largest absolute Gasteiger partial charge is 0.300 e. The zero-order chi connectivity index (χ0) is 9.35. The highest BCUT2D eigenvalue weighted by Crippen LogP contribution is 2.34. The molecule has 1 fully saturated rings. The van der Waals surface area contributed by atoms with Gasteiger partial charge in [-0.2, -0.15) is 0 Å². The van der Waals surface area contributed by atoms with E-state index in [0.717, 1.165) is 12.0 Å². The Labute approximate surface area is 77.1 Å². The monoisotopic (exact) mass is 169 g/mol. The van der Waals surface area contributed by atoms with Crippen LogP contribution in [0.2, 0.25) is 0 Å². The van der Waals surface area contributed by atoms with Gasteiger partial charge >= 0.3 is 0 Å². The molecule has 0 unspecified atom stereocenters. The van der Waals surface area contributed by atoms with Gasteiger partial charge in [0.05, 0.1) is 0 Å². The van der Waals surface area contributed by atoms with Crippen LogP contribution in [0.1, 0.15) is 41.0 Å². The topological polar surface area (TPSA) is 3.24 Å². The van der Waals surface area contributed by atoms with Crippen molar-refractivity contribution in [2.24, 2.45) is 11.3 Å². The van der Waals surface area contributed by atoms with Crippen molar-refractivity contribution in [3.63, 3.8) is 0 Å². The molecule has 1 saturated heterocycles. The number of piperidine rings is 1. The average molecular weight is 169 g/mol. The first kappa shape index (κ1) is 10.0. The summed E-state index contributed by atoms with van der Waals surface area (Å²) in [6, 6.07) is 0.719. The Morgan fingerprint density at radius 1 is 1.33 bits per heavy atom. The Bertz CT molecular complexity index is 149. The molecule has 1 nitrogen and oxygen atoms in total. The summed E-state index contributed by atoms with van der Waals surface area (Å²) in [4.78, 5) is 2.60. The molecule has 1 heterocycles. The fraction of sp³-hybridized carbons (Fsp3) is 1.00. The van der Waals surface area contributed by atoms with Gasteiger partial charge in [-0.1, -0.05) is 20.8 Å². The summed E-state index contributed by atoms with van der Waals surface area (Å²) in [7, 11) is 0. The van der Waals surface area contributed by atoms with E-state index in [1.165, 1.54) is 19.5 Å². The lowest BCUT2D eigenvalue weighted by Gasteiger charge is -2.44. The van der Waals surface area contributed by atoms with Crippen LogP contribution in [-0.4, -0.2) is 24.0 Å². The third-order valence-corrected chi connectivity index (χ3v) is 3.52. The second-order valence-electron chi connectivity index (χ2n) is 5.24. The molecule has 72 valence electrons. The van der Waals surface area contributed by atoms with E-state index < -0.39 is 0 Å². The third-order valence-electron chi connectivity index (χ3n) is 3.52. The fourth-order valence-electron chi connectivity index (χ4n) is 1.95. The number of hydrogen-bond donors (Lipinski definition) is 0. The van der Waals surface area contributed by atoms with Gasteiger partial charge in [-0.3, -0.25) is 0 Å². The zero-order valence-electron chi connectivity index (χ0n) is 9.22. The molecule has 1 rings (SSSR count). The lowest BCUT2D eigenvalue weighted by atomic mass is 9.75. The van der Waals surface area contributed by atoms with Gasteiger partial charge in [-0.05, 0) is 38.1 Å². The molecule has 0 radical (unpaired) electrons. The standard InChI is InChI=1S/C11H23N/c1-9(2)12-7-6-10(3)11(4,5)8-12/h9-10H,6-8H2,1-5H3/t10-/m0/s1. The summed E-state index contributed by atoms with van der Waals surface area (Å²) >= 11 is 0. The number of likely N-dealkylation sites (tertiary alicyclic amines) is 1. The van der Waals surface area contributed by atoms with Gasteiger partial charge in [0.1, 0.15) is 0 Å². The molecular weight excluding hydrogens is 146 g/mol. The molecule has 0 aromatic rings. The molecule has 1 aliphatic rings. The van der Waals surface area contributed by atoms with E-state index in [-0.39, 0.29) is 0 Å². The van der Waals surface area contributed by atoms with Gasteiger partial charge in [0.25, 0.3) is 0 Å². The van der Waals surface area contributed by atoms with Crippen LogP contribution in [0.15, 0.2) is 0 Å². The fourth-order valence-corrected chi connectivity index (χ4v) is 1.95. The highest BCUT2D eigenvalue weighted by atomic mass is 15.2. The first-order valence-electron chi connectivity index (χ1n) is 5.17. The smallest absolute Gasteiger partial charge is 0.00388 e. The maximum Gasteiger partial charge on any atom is 0.00388 e. The van der Waals surface area contributed by atoms with Crippen molar-refractivity contribution < 1.29 is 0 Å². The maximum atomic E-state index is 2.60. The molecule has 1 atom stereocenters. The highest BCUT2D eigenvalue weighted by Gasteiger charge is 2.33. The van der Waals surface area contributed by atoms with Crippen molar-refractivity contribution in [1.82, 2.24) is 4.90 Å². The van der Waals surface area contributed by atoms with Crippen molar-refractivity contribution >= 4 is 0 Å². The van der Waals surface area contributed by atoms with Crippen LogP contribution >= 0.6 is 0 Å². The van der Waals surface area contributed by atoms with E-state index in [2.05, 4.69) is 39.5 Å². The molecule has 12 heavy (non-hydrogen) atoms. The molecular formula is C11H23N. The first-order chi connectivity index (χ1) is 5.43. The van der Waals surface area contributed by atoms with Crippen molar-refractivity contribution in [3.8, 4) is 0 Å². The van der Waals surface area contributed by atoms with E-state index in [1.54, 1.807) is 0 Å². The molecule has 0 bridgehead atoms. The molecule has 0 aliphatic carbocycles. The van der Waals surface area contributed by atoms with Crippen LogP contribution in [0, 0.1) is 11.3 Å². The van der Waals surface area contributed by atoms with Crippen molar-refractivity contribution in [3.05, 3.63) is 0 Å². The zero-order valence-corrected chi connectivity index (χ0v) is 9.22. The van der Waals surface area contributed by atoms with E-state index in [0.29, 0.717) is 5.41 Å². The van der Waals surface area contributed by atoms with Crippen LogP contribution in [0.4, 0.5) is 0 Å². The maximum absolute atomic E-state index is 2.60. The highest BCUT2D eigenvalue weighted by molar-refractivity contribution is 4.85. The second-order valence-corrected chi connectivity index (χ2v) is 5.24. The summed E-state index contributed by atoms with van der Waals surface area (Å²) in [5.41, 5.74) is 0.516. The molecule has 0 N–H and O–H groups in total. The third kappa shape index (κ3) is 2.01. The average Bonchev–Trinajstić information content (AvgIpc) is 1.94. The summed E-state index contributed by atoms with van der Waals surface area (Å²) in [5.74, 6) is 0.882. The Balaban J connectivity index is 2.57. The lowest BCUT2D eigenvalue weighted by Crippen LogP contribution is -2.47. The van der Waals surface area contributed by atoms with Crippen molar-refractivity contribution in [2.45, 2.75) is 47.1 Å². The van der Waals surface area contributed by atoms with Crippen LogP contribution in [0.25, 0.3) is 0 Å². The predicted molar refractivity (Wildman–Crippen MR) is 54.3 cm³/mol. The van der Waals surface area contributed by atoms with Gasteiger partial charge in [0.15, 0.2) is 0 Å². The second kappa shape index (κ2) is 3.37. The molecule has 0 aromatic carbocycles. The molecule has 0 spiro atoms. The summed E-state index contributed by atoms with van der Waals surface area (Å²) in [6.45, 7) is 14.3. The van der Waals surface area contributed by atoms with E-state index in [1.807, 2.05) is 0 Å². The van der Waals surface area contributed by atoms with Gasteiger partial charge in [-0.25, -0.2) is 0 Å². The Hall–Kier alpha value is -0.0400. The minimum absolute atomic E-state index is 0.516.